The van der Waals surface area contributed by atoms with Gasteiger partial charge in [0, 0.05) is 12.0 Å². The van der Waals surface area contributed by atoms with E-state index in [1.807, 2.05) is 27.0 Å². The molecule has 0 aliphatic heterocycles. The summed E-state index contributed by atoms with van der Waals surface area (Å²) >= 11 is 1.29. The second kappa shape index (κ2) is 9.96. The summed E-state index contributed by atoms with van der Waals surface area (Å²) in [5.74, 6) is 1.05. The number of thioether (sulfide) groups is 1. The van der Waals surface area contributed by atoms with Gasteiger partial charge in [0.1, 0.15) is 5.60 Å². The SMILES string of the molecule is CSC(=Nc1cc(C(C)c2ccc(CC(C)C)cc2)no1)NC(=O)OC(C)(C)C. The van der Waals surface area contributed by atoms with Gasteiger partial charge in [0.15, 0.2) is 5.17 Å². The highest BCUT2D eigenvalue weighted by Crippen LogP contribution is 2.27. The molecule has 0 radical (unpaired) electrons. The van der Waals surface area contributed by atoms with Crippen molar-refractivity contribution in [2.75, 3.05) is 6.26 Å². The van der Waals surface area contributed by atoms with Gasteiger partial charge in [-0.25, -0.2) is 4.79 Å². The fourth-order valence-corrected chi connectivity index (χ4v) is 3.10. The first-order valence-corrected chi connectivity index (χ1v) is 11.0. The summed E-state index contributed by atoms with van der Waals surface area (Å²) in [4.78, 5) is 16.3. The molecule has 0 aliphatic carbocycles. The second-order valence-electron chi connectivity index (χ2n) is 8.40. The monoisotopic (exact) mass is 417 g/mol. The molecule has 0 aliphatic rings. The molecule has 1 aromatic heterocycles. The predicted octanol–water partition coefficient (Wildman–Crippen LogP) is 5.90. The van der Waals surface area contributed by atoms with Crippen LogP contribution in [0.25, 0.3) is 0 Å². The molecule has 1 heterocycles. The van der Waals surface area contributed by atoms with Crippen molar-refractivity contribution < 1.29 is 14.1 Å². The molecule has 0 saturated carbocycles. The number of amides is 1. The first-order chi connectivity index (χ1) is 13.6. The van der Waals surface area contributed by atoms with Gasteiger partial charge in [0.05, 0.1) is 5.69 Å². The van der Waals surface area contributed by atoms with Gasteiger partial charge in [-0.3, -0.25) is 5.32 Å². The number of rotatable bonds is 5. The van der Waals surface area contributed by atoms with Crippen molar-refractivity contribution in [3.63, 3.8) is 0 Å². The Bertz CT molecular complexity index is 836. The summed E-state index contributed by atoms with van der Waals surface area (Å²) in [5.41, 5.74) is 2.71. The number of benzene rings is 1. The molecule has 2 aromatic rings. The van der Waals surface area contributed by atoms with Crippen LogP contribution in [0.15, 0.2) is 39.8 Å². The van der Waals surface area contributed by atoms with E-state index < -0.39 is 11.7 Å². The molecule has 0 fully saturated rings. The molecule has 1 atom stereocenters. The molecule has 1 aromatic carbocycles. The third kappa shape index (κ3) is 7.57. The molecular formula is C22H31N3O3S. The van der Waals surface area contributed by atoms with Crippen molar-refractivity contribution in [2.45, 2.75) is 59.5 Å². The second-order valence-corrected chi connectivity index (χ2v) is 9.19. The Balaban J connectivity index is 2.08. The number of aromatic nitrogens is 1. The van der Waals surface area contributed by atoms with Crippen molar-refractivity contribution in [2.24, 2.45) is 10.9 Å². The number of hydrogen-bond donors (Lipinski definition) is 1. The van der Waals surface area contributed by atoms with Crippen molar-refractivity contribution in [3.05, 3.63) is 47.2 Å². The number of ether oxygens (including phenoxy) is 1. The van der Waals surface area contributed by atoms with Crippen LogP contribution >= 0.6 is 11.8 Å². The summed E-state index contributed by atoms with van der Waals surface area (Å²) < 4.78 is 10.6. The summed E-state index contributed by atoms with van der Waals surface area (Å²) in [6.45, 7) is 11.9. The van der Waals surface area contributed by atoms with Crippen LogP contribution in [-0.4, -0.2) is 28.3 Å². The largest absolute Gasteiger partial charge is 0.444 e. The zero-order valence-electron chi connectivity index (χ0n) is 18.3. The van der Waals surface area contributed by atoms with Crippen LogP contribution in [0.2, 0.25) is 0 Å². The highest BCUT2D eigenvalue weighted by atomic mass is 32.2. The van der Waals surface area contributed by atoms with Gasteiger partial charge < -0.3 is 9.26 Å². The summed E-state index contributed by atoms with van der Waals surface area (Å²) in [6.07, 6.45) is 2.33. The van der Waals surface area contributed by atoms with Crippen LogP contribution in [0.5, 0.6) is 0 Å². The molecule has 1 N–H and O–H groups in total. The van der Waals surface area contributed by atoms with Gasteiger partial charge in [-0.05, 0) is 50.5 Å². The third-order valence-corrected chi connectivity index (χ3v) is 4.68. The van der Waals surface area contributed by atoms with E-state index in [1.165, 1.54) is 22.9 Å². The van der Waals surface area contributed by atoms with Crippen molar-refractivity contribution in [1.82, 2.24) is 10.5 Å². The molecule has 0 bridgehead atoms. The van der Waals surface area contributed by atoms with Crippen LogP contribution in [0, 0.1) is 5.92 Å². The van der Waals surface area contributed by atoms with E-state index in [4.69, 9.17) is 9.26 Å². The first kappa shape index (κ1) is 23.0. The molecule has 158 valence electrons. The van der Waals surface area contributed by atoms with Gasteiger partial charge in [0.25, 0.3) is 5.88 Å². The maximum atomic E-state index is 11.9. The lowest BCUT2D eigenvalue weighted by Gasteiger charge is -2.19. The number of carbonyl (C=O) groups is 1. The van der Waals surface area contributed by atoms with E-state index in [0.717, 1.165) is 12.1 Å². The fraction of sp³-hybridized carbons (Fsp3) is 0.500. The third-order valence-electron chi connectivity index (χ3n) is 4.10. The topological polar surface area (TPSA) is 76.7 Å². The number of carbonyl (C=O) groups excluding carboxylic acids is 1. The smallest absolute Gasteiger partial charge is 0.413 e. The quantitative estimate of drug-likeness (QED) is 0.484. The van der Waals surface area contributed by atoms with Crippen LogP contribution in [0.1, 0.15) is 64.3 Å². The van der Waals surface area contributed by atoms with Gasteiger partial charge in [-0.15, -0.1) is 0 Å². The highest BCUT2D eigenvalue weighted by Gasteiger charge is 2.18. The molecule has 7 heteroatoms. The Morgan fingerprint density at radius 3 is 2.45 bits per heavy atom. The fourth-order valence-electron chi connectivity index (χ4n) is 2.74. The van der Waals surface area contributed by atoms with Gasteiger partial charge in [-0.2, -0.15) is 4.99 Å². The maximum Gasteiger partial charge on any atom is 0.413 e. The highest BCUT2D eigenvalue weighted by molar-refractivity contribution is 8.13. The zero-order valence-corrected chi connectivity index (χ0v) is 19.1. The molecule has 2 rings (SSSR count). The summed E-state index contributed by atoms with van der Waals surface area (Å²) in [5, 5.41) is 7.16. The van der Waals surface area contributed by atoms with Crippen LogP contribution < -0.4 is 5.32 Å². The summed E-state index contributed by atoms with van der Waals surface area (Å²) in [7, 11) is 0. The van der Waals surface area contributed by atoms with Crippen LogP contribution in [0.3, 0.4) is 0 Å². The Kier molecular flexibility index (Phi) is 7.90. The number of nitrogens with zero attached hydrogens (tertiary/aromatic N) is 2. The van der Waals surface area contributed by atoms with E-state index >= 15 is 0 Å². The minimum Gasteiger partial charge on any atom is -0.444 e. The van der Waals surface area contributed by atoms with E-state index in [-0.39, 0.29) is 5.92 Å². The maximum absolute atomic E-state index is 11.9. The average molecular weight is 418 g/mol. The minimum absolute atomic E-state index is 0.0762. The van der Waals surface area contributed by atoms with Gasteiger partial charge in [-0.1, -0.05) is 62.0 Å². The molecule has 0 spiro atoms. The number of nitrogens with one attached hydrogen (secondary N) is 1. The molecule has 1 amide bonds. The van der Waals surface area contributed by atoms with E-state index in [9.17, 15) is 4.79 Å². The lowest BCUT2D eigenvalue weighted by molar-refractivity contribution is 0.0564. The van der Waals surface area contributed by atoms with Crippen LogP contribution in [-0.2, 0) is 11.2 Å². The van der Waals surface area contributed by atoms with Gasteiger partial charge >= 0.3 is 6.09 Å². The lowest BCUT2D eigenvalue weighted by Crippen LogP contribution is -2.35. The normalized spacial score (nSPS) is 13.4. The van der Waals surface area contributed by atoms with Crippen molar-refractivity contribution >= 4 is 28.9 Å². The first-order valence-electron chi connectivity index (χ1n) is 9.75. The van der Waals surface area contributed by atoms with E-state index in [1.54, 1.807) is 6.07 Å². The molecule has 6 nitrogen and oxygen atoms in total. The Morgan fingerprint density at radius 1 is 1.24 bits per heavy atom. The minimum atomic E-state index is -0.576. The molecule has 1 unspecified atom stereocenters. The van der Waals surface area contributed by atoms with Crippen molar-refractivity contribution in [3.8, 4) is 0 Å². The van der Waals surface area contributed by atoms with Crippen LogP contribution in [0.4, 0.5) is 10.7 Å². The van der Waals surface area contributed by atoms with E-state index in [2.05, 4.69) is 60.5 Å². The number of amidine groups is 1. The van der Waals surface area contributed by atoms with E-state index in [0.29, 0.717) is 17.0 Å². The zero-order chi connectivity index (χ0) is 21.6. The Labute approximate surface area is 177 Å². The molecular weight excluding hydrogens is 386 g/mol. The number of alkyl carbamates (subject to hydrolysis) is 1. The number of aliphatic imine (C=N–C) groups is 1. The molecule has 0 saturated heterocycles. The Morgan fingerprint density at radius 2 is 1.90 bits per heavy atom. The molecule has 29 heavy (non-hydrogen) atoms. The number of hydrogen-bond acceptors (Lipinski definition) is 6. The van der Waals surface area contributed by atoms with Crippen molar-refractivity contribution in [1.29, 1.82) is 0 Å². The Hall–Kier alpha value is -2.28. The lowest BCUT2D eigenvalue weighted by atomic mass is 9.95. The standard InChI is InChI=1S/C22H31N3O3S/c1-14(2)12-16-8-10-17(11-9-16)15(3)18-13-19(28-25-18)23-20(29-7)24-21(26)27-22(4,5)6/h8-11,13-15H,12H2,1-7H3,(H,23,24,26). The van der Waals surface area contributed by atoms with Gasteiger partial charge in [0.2, 0.25) is 0 Å². The summed E-state index contributed by atoms with van der Waals surface area (Å²) in [6, 6.07) is 10.4. The average Bonchev–Trinajstić information content (AvgIpc) is 3.07. The predicted molar refractivity (Wildman–Crippen MR) is 119 cm³/mol.